The van der Waals surface area contributed by atoms with Crippen molar-refractivity contribution in [3.63, 3.8) is 0 Å². The van der Waals surface area contributed by atoms with Crippen LogP contribution in [0.4, 0.5) is 0 Å². The second kappa shape index (κ2) is 7.86. The summed E-state index contributed by atoms with van der Waals surface area (Å²) in [4.78, 5) is 11.4. The molecule has 1 N–H and O–H groups in total. The van der Waals surface area contributed by atoms with Gasteiger partial charge in [-0.1, -0.05) is 53.9 Å². The van der Waals surface area contributed by atoms with Gasteiger partial charge < -0.3 is 5.11 Å². The van der Waals surface area contributed by atoms with E-state index in [1.54, 1.807) is 0 Å². The van der Waals surface area contributed by atoms with Crippen molar-refractivity contribution in [3.05, 3.63) is 0 Å². The second-order valence-corrected chi connectivity index (χ2v) is 12.3. The molecule has 4 fully saturated rings. The SMILES string of the molecule is CC[C@H]1C[C@H]2[C@@H]3CC[C@H]([C@H](C)C[C@H](C)C(=O)O)[C@@]3(C)CC[C@@H]2[C@@]2(C)CCCCC12. The summed E-state index contributed by atoms with van der Waals surface area (Å²) in [7, 11) is 0. The minimum Gasteiger partial charge on any atom is -0.481 e. The van der Waals surface area contributed by atoms with Gasteiger partial charge in [-0.2, -0.15) is 0 Å². The molecule has 1 unspecified atom stereocenters. The minimum atomic E-state index is -0.616. The maximum atomic E-state index is 11.4. The first-order valence-corrected chi connectivity index (χ1v) is 12.9. The van der Waals surface area contributed by atoms with Crippen molar-refractivity contribution in [2.45, 2.75) is 105 Å². The lowest BCUT2D eigenvalue weighted by Gasteiger charge is -2.63. The van der Waals surface area contributed by atoms with Gasteiger partial charge in [0, 0.05) is 0 Å². The molecule has 4 saturated carbocycles. The van der Waals surface area contributed by atoms with E-state index in [-0.39, 0.29) is 5.92 Å². The second-order valence-electron chi connectivity index (χ2n) is 12.3. The Morgan fingerprint density at radius 3 is 2.38 bits per heavy atom. The van der Waals surface area contributed by atoms with E-state index in [1.807, 2.05) is 6.92 Å². The minimum absolute atomic E-state index is 0.204. The molecule has 0 aromatic rings. The van der Waals surface area contributed by atoms with Crippen LogP contribution in [0.15, 0.2) is 0 Å². The van der Waals surface area contributed by atoms with E-state index in [0.29, 0.717) is 16.7 Å². The average Bonchev–Trinajstić information content (AvgIpc) is 3.04. The van der Waals surface area contributed by atoms with Gasteiger partial charge in [0.2, 0.25) is 0 Å². The standard InChI is InChI=1S/C27H46O2/c1-6-19-16-20-23-11-10-21(17(2)15-18(3)25(28)29)27(23,5)14-12-24(20)26(4)13-8-7-9-22(19)26/h17-24H,6-16H2,1-5H3,(H,28,29)/t17-,18+,19+,20+,21-,22?,23+,24+,26+,27-/m1/s1. The Labute approximate surface area is 179 Å². The fourth-order valence-corrected chi connectivity index (χ4v) is 9.82. The number of rotatable bonds is 5. The summed E-state index contributed by atoms with van der Waals surface area (Å²) in [6, 6.07) is 0. The zero-order valence-corrected chi connectivity index (χ0v) is 19.8. The molecule has 0 aromatic heterocycles. The van der Waals surface area contributed by atoms with Gasteiger partial charge in [0.1, 0.15) is 0 Å². The lowest BCUT2D eigenvalue weighted by atomic mass is 9.42. The molecule has 0 aromatic carbocycles. The summed E-state index contributed by atoms with van der Waals surface area (Å²) >= 11 is 0. The third kappa shape index (κ3) is 3.39. The van der Waals surface area contributed by atoms with Gasteiger partial charge in [-0.05, 0) is 104 Å². The van der Waals surface area contributed by atoms with Crippen LogP contribution in [0.25, 0.3) is 0 Å². The number of hydrogen-bond donors (Lipinski definition) is 1. The fourth-order valence-electron chi connectivity index (χ4n) is 9.82. The molecule has 2 heteroatoms. The highest BCUT2D eigenvalue weighted by Gasteiger charge is 2.61. The Hall–Kier alpha value is -0.530. The predicted octanol–water partition coefficient (Wildman–Crippen LogP) is 7.42. The van der Waals surface area contributed by atoms with Crippen LogP contribution in [0.1, 0.15) is 105 Å². The van der Waals surface area contributed by atoms with E-state index in [1.165, 1.54) is 64.2 Å². The van der Waals surface area contributed by atoms with Crippen molar-refractivity contribution in [2.24, 2.45) is 58.2 Å². The lowest BCUT2D eigenvalue weighted by molar-refractivity contribution is -0.144. The lowest BCUT2D eigenvalue weighted by Crippen LogP contribution is -2.55. The molecule has 10 atom stereocenters. The third-order valence-electron chi connectivity index (χ3n) is 11.2. The Bertz CT molecular complexity index is 614. The number of fused-ring (bicyclic) bond motifs is 5. The summed E-state index contributed by atoms with van der Waals surface area (Å²) in [5.74, 6) is 5.17. The topological polar surface area (TPSA) is 37.3 Å². The summed E-state index contributed by atoms with van der Waals surface area (Å²) in [6.45, 7) is 12.0. The molecule has 2 nitrogen and oxygen atoms in total. The van der Waals surface area contributed by atoms with Gasteiger partial charge in [-0.3, -0.25) is 4.79 Å². The summed E-state index contributed by atoms with van der Waals surface area (Å²) < 4.78 is 0. The number of carboxylic acid groups (broad SMARTS) is 1. The van der Waals surface area contributed by atoms with Crippen LogP contribution in [-0.2, 0) is 4.79 Å². The average molecular weight is 403 g/mol. The van der Waals surface area contributed by atoms with E-state index >= 15 is 0 Å². The summed E-state index contributed by atoms with van der Waals surface area (Å²) in [5, 5.41) is 9.42. The predicted molar refractivity (Wildman–Crippen MR) is 120 cm³/mol. The number of aliphatic carboxylic acids is 1. The van der Waals surface area contributed by atoms with Crippen LogP contribution in [0.2, 0.25) is 0 Å². The molecule has 4 aliphatic rings. The normalized spacial score (nSPS) is 48.9. The fraction of sp³-hybridized carbons (Fsp3) is 0.963. The Kier molecular flexibility index (Phi) is 5.88. The van der Waals surface area contributed by atoms with Crippen molar-refractivity contribution >= 4 is 5.97 Å². The Balaban J connectivity index is 1.57. The van der Waals surface area contributed by atoms with Crippen molar-refractivity contribution in [1.29, 1.82) is 0 Å². The molecule has 0 amide bonds. The van der Waals surface area contributed by atoms with Crippen molar-refractivity contribution in [1.82, 2.24) is 0 Å². The Morgan fingerprint density at radius 2 is 1.69 bits per heavy atom. The highest BCUT2D eigenvalue weighted by molar-refractivity contribution is 5.69. The van der Waals surface area contributed by atoms with Crippen LogP contribution in [0.5, 0.6) is 0 Å². The van der Waals surface area contributed by atoms with E-state index < -0.39 is 5.97 Å². The first kappa shape index (κ1) is 21.7. The molecule has 0 bridgehead atoms. The zero-order valence-electron chi connectivity index (χ0n) is 19.8. The zero-order chi connectivity index (χ0) is 21.0. The first-order valence-electron chi connectivity index (χ1n) is 12.9. The van der Waals surface area contributed by atoms with Crippen LogP contribution >= 0.6 is 0 Å². The number of carboxylic acids is 1. The van der Waals surface area contributed by atoms with Crippen molar-refractivity contribution in [3.8, 4) is 0 Å². The van der Waals surface area contributed by atoms with Gasteiger partial charge >= 0.3 is 5.97 Å². The van der Waals surface area contributed by atoms with Crippen LogP contribution in [0, 0.1) is 58.2 Å². The van der Waals surface area contributed by atoms with Crippen LogP contribution in [0.3, 0.4) is 0 Å². The Morgan fingerprint density at radius 1 is 0.966 bits per heavy atom. The number of carbonyl (C=O) groups is 1. The molecular weight excluding hydrogens is 356 g/mol. The monoisotopic (exact) mass is 402 g/mol. The van der Waals surface area contributed by atoms with Gasteiger partial charge in [-0.25, -0.2) is 0 Å². The molecule has 4 aliphatic carbocycles. The molecule has 0 spiro atoms. The van der Waals surface area contributed by atoms with Crippen LogP contribution in [-0.4, -0.2) is 11.1 Å². The number of hydrogen-bond acceptors (Lipinski definition) is 1. The largest absolute Gasteiger partial charge is 0.481 e. The highest BCUT2D eigenvalue weighted by Crippen LogP contribution is 2.69. The molecule has 29 heavy (non-hydrogen) atoms. The highest BCUT2D eigenvalue weighted by atomic mass is 16.4. The molecule has 0 radical (unpaired) electrons. The van der Waals surface area contributed by atoms with Crippen LogP contribution < -0.4 is 0 Å². The third-order valence-corrected chi connectivity index (χ3v) is 11.2. The molecule has 0 aliphatic heterocycles. The molecular formula is C27H46O2. The van der Waals surface area contributed by atoms with Crippen molar-refractivity contribution in [2.75, 3.05) is 0 Å². The van der Waals surface area contributed by atoms with Crippen molar-refractivity contribution < 1.29 is 9.90 Å². The van der Waals surface area contributed by atoms with Gasteiger partial charge in [0.05, 0.1) is 5.92 Å². The smallest absolute Gasteiger partial charge is 0.306 e. The van der Waals surface area contributed by atoms with Gasteiger partial charge in [-0.15, -0.1) is 0 Å². The molecule has 0 heterocycles. The first-order chi connectivity index (χ1) is 13.7. The molecule has 4 rings (SSSR count). The maximum Gasteiger partial charge on any atom is 0.306 e. The van der Waals surface area contributed by atoms with Gasteiger partial charge in [0.25, 0.3) is 0 Å². The maximum absolute atomic E-state index is 11.4. The quantitative estimate of drug-likeness (QED) is 0.519. The van der Waals surface area contributed by atoms with Gasteiger partial charge in [0.15, 0.2) is 0 Å². The molecule has 0 saturated heterocycles. The summed E-state index contributed by atoms with van der Waals surface area (Å²) in [6.07, 6.45) is 15.2. The van der Waals surface area contributed by atoms with E-state index in [0.717, 1.165) is 41.9 Å². The van der Waals surface area contributed by atoms with E-state index in [9.17, 15) is 9.90 Å². The molecule has 166 valence electrons. The van der Waals surface area contributed by atoms with E-state index in [4.69, 9.17) is 0 Å². The summed E-state index contributed by atoms with van der Waals surface area (Å²) in [5.41, 5.74) is 1.06. The van der Waals surface area contributed by atoms with E-state index in [2.05, 4.69) is 27.7 Å².